The van der Waals surface area contributed by atoms with Gasteiger partial charge in [-0.3, -0.25) is 10.2 Å². The van der Waals surface area contributed by atoms with Crippen LogP contribution in [0, 0.1) is 5.41 Å². The third kappa shape index (κ3) is 3.16. The SMILES string of the molecule is COc1cc2ccccc2cc1C(N1CC(C)(C)C(=O)N1)C(F)(F)F. The Morgan fingerprint density at radius 1 is 1.20 bits per heavy atom. The van der Waals surface area contributed by atoms with E-state index in [1.54, 1.807) is 32.0 Å². The summed E-state index contributed by atoms with van der Waals surface area (Å²) < 4.78 is 46.9. The molecule has 134 valence electrons. The fraction of sp³-hybridized carbons (Fsp3) is 0.389. The molecule has 0 aromatic heterocycles. The van der Waals surface area contributed by atoms with E-state index in [0.717, 1.165) is 10.4 Å². The lowest BCUT2D eigenvalue weighted by Crippen LogP contribution is -2.43. The first-order chi connectivity index (χ1) is 11.6. The van der Waals surface area contributed by atoms with Crippen LogP contribution in [0.3, 0.4) is 0 Å². The van der Waals surface area contributed by atoms with Crippen molar-refractivity contribution in [1.29, 1.82) is 0 Å². The van der Waals surface area contributed by atoms with Gasteiger partial charge in [-0.1, -0.05) is 24.3 Å². The van der Waals surface area contributed by atoms with Gasteiger partial charge in [0.1, 0.15) is 5.75 Å². The van der Waals surface area contributed by atoms with Crippen LogP contribution in [0.25, 0.3) is 10.8 Å². The maximum Gasteiger partial charge on any atom is 0.410 e. The lowest BCUT2D eigenvalue weighted by Gasteiger charge is -2.31. The molecule has 1 atom stereocenters. The molecule has 0 bridgehead atoms. The molecule has 1 heterocycles. The van der Waals surface area contributed by atoms with Gasteiger partial charge in [0.2, 0.25) is 5.91 Å². The van der Waals surface area contributed by atoms with E-state index in [9.17, 15) is 18.0 Å². The summed E-state index contributed by atoms with van der Waals surface area (Å²) in [4.78, 5) is 12.0. The first-order valence-electron chi connectivity index (χ1n) is 7.84. The Bertz CT molecular complexity index is 818. The van der Waals surface area contributed by atoms with E-state index in [1.165, 1.54) is 13.2 Å². The molecule has 0 radical (unpaired) electrons. The monoisotopic (exact) mass is 352 g/mol. The Labute approximate surface area is 143 Å². The van der Waals surface area contributed by atoms with Gasteiger partial charge >= 0.3 is 6.18 Å². The predicted octanol–water partition coefficient (Wildman–Crippen LogP) is 3.82. The smallest absolute Gasteiger partial charge is 0.410 e. The maximum absolute atomic E-state index is 13.9. The highest BCUT2D eigenvalue weighted by molar-refractivity contribution is 5.86. The molecule has 1 amide bonds. The van der Waals surface area contributed by atoms with Crippen LogP contribution in [0.5, 0.6) is 5.75 Å². The summed E-state index contributed by atoms with van der Waals surface area (Å²) in [7, 11) is 1.34. The standard InChI is InChI=1S/C18H19F3N2O2/c1-17(2)10-23(22-16(17)24)15(18(19,20)21)13-8-11-6-4-5-7-12(11)9-14(13)25-3/h4-9,15H,10H2,1-3H3,(H,22,24). The van der Waals surface area contributed by atoms with E-state index in [0.29, 0.717) is 5.39 Å². The van der Waals surface area contributed by atoms with Crippen molar-refractivity contribution in [1.82, 2.24) is 10.4 Å². The zero-order valence-electron chi connectivity index (χ0n) is 14.1. The average Bonchev–Trinajstić information content (AvgIpc) is 2.78. The van der Waals surface area contributed by atoms with Gasteiger partial charge < -0.3 is 4.74 Å². The van der Waals surface area contributed by atoms with Crippen molar-refractivity contribution in [2.75, 3.05) is 13.7 Å². The molecule has 25 heavy (non-hydrogen) atoms. The van der Waals surface area contributed by atoms with Crippen LogP contribution in [-0.4, -0.2) is 30.7 Å². The lowest BCUT2D eigenvalue weighted by atomic mass is 9.93. The second kappa shape index (κ2) is 5.91. The van der Waals surface area contributed by atoms with Gasteiger partial charge in [-0.2, -0.15) is 13.2 Å². The maximum atomic E-state index is 13.9. The van der Waals surface area contributed by atoms with E-state index in [4.69, 9.17) is 4.74 Å². The zero-order chi connectivity index (χ0) is 18.4. The number of carbonyl (C=O) groups is 1. The average molecular weight is 352 g/mol. The summed E-state index contributed by atoms with van der Waals surface area (Å²) >= 11 is 0. The number of nitrogens with one attached hydrogen (secondary N) is 1. The molecule has 2 aromatic rings. The van der Waals surface area contributed by atoms with Gasteiger partial charge in [0.15, 0.2) is 6.04 Å². The lowest BCUT2D eigenvalue weighted by molar-refractivity contribution is -0.191. The number of hydrogen-bond donors (Lipinski definition) is 1. The molecular weight excluding hydrogens is 333 g/mol. The molecule has 1 aliphatic rings. The number of halogens is 3. The van der Waals surface area contributed by atoms with Crippen molar-refractivity contribution in [2.45, 2.75) is 26.1 Å². The third-order valence-electron chi connectivity index (χ3n) is 4.44. The molecule has 0 aliphatic carbocycles. The molecule has 0 spiro atoms. The van der Waals surface area contributed by atoms with E-state index in [2.05, 4.69) is 5.43 Å². The summed E-state index contributed by atoms with van der Waals surface area (Å²) in [5.41, 5.74) is 1.45. The van der Waals surface area contributed by atoms with E-state index in [1.807, 2.05) is 12.1 Å². The molecule has 1 unspecified atom stereocenters. The Kier molecular flexibility index (Phi) is 4.15. The number of alkyl halides is 3. The van der Waals surface area contributed by atoms with Crippen LogP contribution < -0.4 is 10.2 Å². The molecule has 1 aliphatic heterocycles. The van der Waals surface area contributed by atoms with Crippen molar-refractivity contribution in [3.05, 3.63) is 42.0 Å². The van der Waals surface area contributed by atoms with Crippen LogP contribution in [0.1, 0.15) is 25.5 Å². The first-order valence-corrected chi connectivity index (χ1v) is 7.84. The molecule has 1 fully saturated rings. The van der Waals surface area contributed by atoms with Gasteiger partial charge in [-0.05, 0) is 36.8 Å². The summed E-state index contributed by atoms with van der Waals surface area (Å²) in [5, 5.41) is 2.42. The van der Waals surface area contributed by atoms with E-state index >= 15 is 0 Å². The number of amides is 1. The number of ether oxygens (including phenoxy) is 1. The fourth-order valence-corrected chi connectivity index (χ4v) is 3.12. The fourth-order valence-electron chi connectivity index (χ4n) is 3.12. The predicted molar refractivity (Wildman–Crippen MR) is 87.9 cm³/mol. The minimum atomic E-state index is -4.58. The third-order valence-corrected chi connectivity index (χ3v) is 4.44. The number of rotatable bonds is 3. The van der Waals surface area contributed by atoms with Gasteiger partial charge in [-0.15, -0.1) is 0 Å². The second-order valence-electron chi connectivity index (χ2n) is 6.84. The summed E-state index contributed by atoms with van der Waals surface area (Å²) in [6, 6.07) is 8.21. The Morgan fingerprint density at radius 2 is 1.80 bits per heavy atom. The quantitative estimate of drug-likeness (QED) is 0.913. The second-order valence-corrected chi connectivity index (χ2v) is 6.84. The minimum Gasteiger partial charge on any atom is -0.496 e. The Balaban J connectivity index is 2.14. The molecule has 1 N–H and O–H groups in total. The number of nitrogens with zero attached hydrogens (tertiary/aromatic N) is 1. The van der Waals surface area contributed by atoms with Crippen molar-refractivity contribution in [2.24, 2.45) is 5.41 Å². The first kappa shape index (κ1) is 17.5. The highest BCUT2D eigenvalue weighted by atomic mass is 19.4. The van der Waals surface area contributed by atoms with E-state index < -0.39 is 23.5 Å². The number of benzene rings is 2. The van der Waals surface area contributed by atoms with Crippen molar-refractivity contribution < 1.29 is 22.7 Å². The van der Waals surface area contributed by atoms with Crippen molar-refractivity contribution in [3.63, 3.8) is 0 Å². The van der Waals surface area contributed by atoms with Crippen LogP contribution in [0.4, 0.5) is 13.2 Å². The molecule has 4 nitrogen and oxygen atoms in total. The number of hydrazine groups is 1. The van der Waals surface area contributed by atoms with Crippen LogP contribution in [0.2, 0.25) is 0 Å². The highest BCUT2D eigenvalue weighted by Gasteiger charge is 2.52. The Morgan fingerprint density at radius 3 is 2.28 bits per heavy atom. The topological polar surface area (TPSA) is 41.6 Å². The summed E-state index contributed by atoms with van der Waals surface area (Å²) in [5.74, 6) is -0.290. The molecule has 0 saturated carbocycles. The van der Waals surface area contributed by atoms with Gasteiger partial charge in [0, 0.05) is 12.1 Å². The van der Waals surface area contributed by atoms with Crippen LogP contribution in [0.15, 0.2) is 36.4 Å². The van der Waals surface area contributed by atoms with Gasteiger partial charge in [0.05, 0.1) is 12.5 Å². The van der Waals surface area contributed by atoms with Crippen LogP contribution >= 0.6 is 0 Å². The van der Waals surface area contributed by atoms with Gasteiger partial charge in [-0.25, -0.2) is 5.01 Å². The number of methoxy groups -OCH3 is 1. The molecule has 2 aromatic carbocycles. The summed E-state index contributed by atoms with van der Waals surface area (Å²) in [6.07, 6.45) is -4.58. The Hall–Kier alpha value is -2.28. The van der Waals surface area contributed by atoms with Crippen LogP contribution in [-0.2, 0) is 4.79 Å². The highest BCUT2D eigenvalue weighted by Crippen LogP contribution is 2.44. The van der Waals surface area contributed by atoms with Crippen molar-refractivity contribution in [3.8, 4) is 5.75 Å². The minimum absolute atomic E-state index is 0.0216. The molecule has 7 heteroatoms. The zero-order valence-corrected chi connectivity index (χ0v) is 14.1. The molecule has 3 rings (SSSR count). The number of carbonyl (C=O) groups excluding carboxylic acids is 1. The van der Waals surface area contributed by atoms with E-state index in [-0.39, 0.29) is 17.9 Å². The molecular formula is C18H19F3N2O2. The summed E-state index contributed by atoms with van der Waals surface area (Å²) in [6.45, 7) is 3.19. The normalized spacial score (nSPS) is 19.0. The largest absolute Gasteiger partial charge is 0.496 e. The van der Waals surface area contributed by atoms with Crippen molar-refractivity contribution >= 4 is 16.7 Å². The number of fused-ring (bicyclic) bond motifs is 1. The number of hydrogen-bond acceptors (Lipinski definition) is 3. The molecule has 1 saturated heterocycles. The van der Waals surface area contributed by atoms with Gasteiger partial charge in [0.25, 0.3) is 0 Å².